The molecule has 1 heterocycles. The summed E-state index contributed by atoms with van der Waals surface area (Å²) in [5.41, 5.74) is 3.09. The van der Waals surface area contributed by atoms with Gasteiger partial charge in [-0.15, -0.1) is 0 Å². The van der Waals surface area contributed by atoms with Gasteiger partial charge in [0, 0.05) is 53.0 Å². The third-order valence-corrected chi connectivity index (χ3v) is 7.09. The van der Waals surface area contributed by atoms with Gasteiger partial charge >= 0.3 is 11.9 Å². The van der Waals surface area contributed by atoms with Gasteiger partial charge in [0.2, 0.25) is 6.79 Å². The Bertz CT molecular complexity index is 1390. The molecule has 40 heavy (non-hydrogen) atoms. The fourth-order valence-corrected chi connectivity index (χ4v) is 5.35. The smallest absolute Gasteiger partial charge is 0.343 e. The molecule has 1 N–H and O–H groups in total. The van der Waals surface area contributed by atoms with Crippen molar-refractivity contribution in [2.75, 3.05) is 34.2 Å². The summed E-state index contributed by atoms with van der Waals surface area (Å²) in [6.45, 7) is 2.34. The Morgan fingerprint density at radius 1 is 0.875 bits per heavy atom. The van der Waals surface area contributed by atoms with Crippen molar-refractivity contribution < 1.29 is 43.1 Å². The van der Waals surface area contributed by atoms with Crippen LogP contribution in [0, 0.1) is 5.92 Å². The molecule has 3 aromatic carbocycles. The average molecular weight is 558 g/mol. The summed E-state index contributed by atoms with van der Waals surface area (Å²) in [4.78, 5) is 25.0. The van der Waals surface area contributed by atoms with Crippen LogP contribution in [0.3, 0.4) is 0 Å². The maximum atomic E-state index is 13.0. The standard InChI is InChI=1S/C30H30O9.Na/c1-4-11-36-19-7-8-20-22(13-19)28(21-9-6-18(34-2)14-24(21)37-15-26(31)35-3)29(30(32)33)27(20)17-5-10-23-25(12-17)39-16-38-23;/h5-10,12-14,27-29H,4,11,15-16H2,1-3H3,(H,32,33);/t27-,28+,29+;/m0./s1. The van der Waals surface area contributed by atoms with Crippen LogP contribution in [-0.4, -0.2) is 80.8 Å². The number of esters is 1. The van der Waals surface area contributed by atoms with E-state index in [1.807, 2.05) is 37.3 Å². The molecule has 2 aliphatic rings. The van der Waals surface area contributed by atoms with Crippen molar-refractivity contribution >= 4 is 41.5 Å². The van der Waals surface area contributed by atoms with E-state index in [2.05, 4.69) is 0 Å². The van der Waals surface area contributed by atoms with Gasteiger partial charge in [-0.05, 0) is 53.4 Å². The van der Waals surface area contributed by atoms with Gasteiger partial charge < -0.3 is 33.5 Å². The molecule has 1 aliphatic carbocycles. The Kier molecular flexibility index (Phi) is 9.50. The van der Waals surface area contributed by atoms with Crippen LogP contribution in [0.25, 0.3) is 0 Å². The molecule has 1 radical (unpaired) electrons. The van der Waals surface area contributed by atoms with Crippen molar-refractivity contribution in [1.29, 1.82) is 0 Å². The predicted molar refractivity (Wildman–Crippen MR) is 146 cm³/mol. The average Bonchev–Trinajstić information content (AvgIpc) is 3.56. The number of hydrogen-bond acceptors (Lipinski definition) is 8. The number of carbonyl (C=O) groups excluding carboxylic acids is 1. The second-order valence-electron chi connectivity index (χ2n) is 9.34. The third-order valence-electron chi connectivity index (χ3n) is 7.09. The summed E-state index contributed by atoms with van der Waals surface area (Å²) in [6, 6.07) is 16.4. The molecule has 0 spiro atoms. The van der Waals surface area contributed by atoms with Crippen LogP contribution in [0.15, 0.2) is 54.6 Å². The normalized spacial score (nSPS) is 18.3. The molecule has 0 fully saturated rings. The molecule has 0 unspecified atom stereocenters. The number of aliphatic carboxylic acids is 1. The van der Waals surface area contributed by atoms with Crippen molar-refractivity contribution in [3.8, 4) is 28.7 Å². The minimum absolute atomic E-state index is 0. The molecule has 205 valence electrons. The molecule has 1 aliphatic heterocycles. The van der Waals surface area contributed by atoms with Gasteiger partial charge in [0.1, 0.15) is 17.2 Å². The molecule has 9 nitrogen and oxygen atoms in total. The van der Waals surface area contributed by atoms with Gasteiger partial charge in [-0.2, -0.15) is 0 Å². The Balaban J connectivity index is 0.00000370. The van der Waals surface area contributed by atoms with E-state index < -0.39 is 29.7 Å². The van der Waals surface area contributed by atoms with Crippen molar-refractivity contribution in [2.45, 2.75) is 25.2 Å². The second kappa shape index (κ2) is 12.8. The van der Waals surface area contributed by atoms with Crippen LogP contribution in [0.5, 0.6) is 28.7 Å². The van der Waals surface area contributed by atoms with Gasteiger partial charge in [0.15, 0.2) is 18.1 Å². The fourth-order valence-electron chi connectivity index (χ4n) is 5.35. The van der Waals surface area contributed by atoms with E-state index in [1.165, 1.54) is 14.2 Å². The van der Waals surface area contributed by atoms with E-state index in [9.17, 15) is 14.7 Å². The summed E-state index contributed by atoms with van der Waals surface area (Å²) >= 11 is 0. The quantitative estimate of drug-likeness (QED) is 0.287. The first-order chi connectivity index (χ1) is 18.9. The number of fused-ring (bicyclic) bond motifs is 2. The van der Waals surface area contributed by atoms with Crippen LogP contribution >= 0.6 is 0 Å². The molecular formula is C30H30NaO9. The molecule has 0 saturated carbocycles. The van der Waals surface area contributed by atoms with Crippen LogP contribution in [-0.2, 0) is 14.3 Å². The number of carbonyl (C=O) groups is 2. The van der Waals surface area contributed by atoms with Gasteiger partial charge in [-0.25, -0.2) is 4.79 Å². The Labute approximate surface area is 254 Å². The Hall–Kier alpha value is -3.40. The molecular weight excluding hydrogens is 527 g/mol. The zero-order valence-corrected chi connectivity index (χ0v) is 25.0. The first kappa shape index (κ1) is 29.6. The van der Waals surface area contributed by atoms with Gasteiger partial charge in [-0.3, -0.25) is 4.79 Å². The second-order valence-corrected chi connectivity index (χ2v) is 9.34. The van der Waals surface area contributed by atoms with Crippen molar-refractivity contribution in [3.63, 3.8) is 0 Å². The Morgan fingerprint density at radius 3 is 2.35 bits per heavy atom. The first-order valence-corrected chi connectivity index (χ1v) is 12.7. The number of carboxylic acids is 1. The number of methoxy groups -OCH3 is 2. The third kappa shape index (κ3) is 5.73. The molecule has 0 bridgehead atoms. The molecule has 5 rings (SSSR count). The minimum Gasteiger partial charge on any atom is -0.497 e. The van der Waals surface area contributed by atoms with Crippen LogP contribution in [0.2, 0.25) is 0 Å². The van der Waals surface area contributed by atoms with Crippen molar-refractivity contribution in [3.05, 3.63) is 76.9 Å². The van der Waals surface area contributed by atoms with E-state index >= 15 is 0 Å². The summed E-state index contributed by atoms with van der Waals surface area (Å²) < 4.78 is 33.0. The number of rotatable bonds is 10. The zero-order chi connectivity index (χ0) is 27.5. The molecule has 3 aromatic rings. The minimum atomic E-state index is -0.968. The summed E-state index contributed by atoms with van der Waals surface area (Å²) in [6.07, 6.45) is 0.835. The van der Waals surface area contributed by atoms with Crippen LogP contribution in [0.4, 0.5) is 0 Å². The van der Waals surface area contributed by atoms with E-state index in [1.54, 1.807) is 24.3 Å². The van der Waals surface area contributed by atoms with E-state index in [0.29, 0.717) is 40.9 Å². The SMILES string of the molecule is CCCOc1ccc2c(c1)[C@@H](c1ccc(OC)cc1OCC(=O)OC)[C@H](C(=O)O)[C@H]2c1ccc2c(c1)OCO2.[Na]. The molecule has 0 saturated heterocycles. The zero-order valence-electron chi connectivity index (χ0n) is 23.0. The molecule has 3 atom stereocenters. The summed E-state index contributed by atoms with van der Waals surface area (Å²) in [5, 5.41) is 10.7. The number of hydrogen-bond donors (Lipinski definition) is 1. The van der Waals surface area contributed by atoms with Crippen LogP contribution in [0.1, 0.15) is 47.4 Å². The monoisotopic (exact) mass is 557 g/mol. The van der Waals surface area contributed by atoms with E-state index in [-0.39, 0.29) is 43.0 Å². The fraction of sp³-hybridized carbons (Fsp3) is 0.333. The molecule has 0 aromatic heterocycles. The predicted octanol–water partition coefficient (Wildman–Crippen LogP) is 4.36. The summed E-state index contributed by atoms with van der Waals surface area (Å²) in [7, 11) is 2.80. The van der Waals surface area contributed by atoms with Gasteiger partial charge in [-0.1, -0.05) is 25.1 Å². The number of ether oxygens (including phenoxy) is 6. The van der Waals surface area contributed by atoms with E-state index in [4.69, 9.17) is 28.4 Å². The van der Waals surface area contributed by atoms with Crippen molar-refractivity contribution in [1.82, 2.24) is 0 Å². The number of benzene rings is 3. The van der Waals surface area contributed by atoms with Gasteiger partial charge in [0.25, 0.3) is 0 Å². The maximum absolute atomic E-state index is 13.0. The largest absolute Gasteiger partial charge is 0.497 e. The van der Waals surface area contributed by atoms with E-state index in [0.717, 1.165) is 23.1 Å². The first-order valence-electron chi connectivity index (χ1n) is 12.7. The molecule has 0 amide bonds. The topological polar surface area (TPSA) is 110 Å². The Morgan fingerprint density at radius 2 is 1.62 bits per heavy atom. The number of carboxylic acid groups (broad SMARTS) is 1. The summed E-state index contributed by atoms with van der Waals surface area (Å²) in [5.74, 6) is -0.817. The van der Waals surface area contributed by atoms with Crippen LogP contribution < -0.4 is 23.7 Å². The van der Waals surface area contributed by atoms with Gasteiger partial charge in [0.05, 0.1) is 26.7 Å². The van der Waals surface area contributed by atoms with Crippen molar-refractivity contribution in [2.24, 2.45) is 5.92 Å². The maximum Gasteiger partial charge on any atom is 0.343 e. The molecule has 10 heteroatoms.